The molecular formula is C9H9N3O2. The van der Waals surface area contributed by atoms with Crippen molar-refractivity contribution < 1.29 is 9.15 Å². The molecular weight excluding hydrogens is 182 g/mol. The molecule has 0 saturated carbocycles. The summed E-state index contributed by atoms with van der Waals surface area (Å²) >= 11 is 0. The van der Waals surface area contributed by atoms with Gasteiger partial charge in [0.2, 0.25) is 5.88 Å². The standard InChI is InChI=1S/C9H9N3O2/c1-13-8-4-2-3-6(12-8)7-5-11-9(10)14-7/h2-5H,1H3,(H2,10,11). The van der Waals surface area contributed by atoms with Gasteiger partial charge in [-0.05, 0) is 6.07 Å². The predicted molar refractivity (Wildman–Crippen MR) is 50.7 cm³/mol. The Morgan fingerprint density at radius 1 is 1.43 bits per heavy atom. The molecule has 0 aromatic carbocycles. The lowest BCUT2D eigenvalue weighted by Crippen LogP contribution is -1.88. The van der Waals surface area contributed by atoms with Crippen LogP contribution in [0, 0.1) is 0 Å². The van der Waals surface area contributed by atoms with E-state index in [1.165, 1.54) is 6.20 Å². The fourth-order valence-electron chi connectivity index (χ4n) is 1.07. The summed E-state index contributed by atoms with van der Waals surface area (Å²) < 4.78 is 10.1. The number of methoxy groups -OCH3 is 1. The van der Waals surface area contributed by atoms with E-state index in [-0.39, 0.29) is 6.01 Å². The molecule has 0 saturated heterocycles. The summed E-state index contributed by atoms with van der Waals surface area (Å²) in [5.74, 6) is 1.05. The molecule has 0 aliphatic heterocycles. The van der Waals surface area contributed by atoms with Crippen molar-refractivity contribution >= 4 is 6.01 Å². The largest absolute Gasteiger partial charge is 0.481 e. The van der Waals surface area contributed by atoms with E-state index in [0.717, 1.165) is 0 Å². The number of ether oxygens (including phenoxy) is 1. The topological polar surface area (TPSA) is 74.2 Å². The van der Waals surface area contributed by atoms with Crippen LogP contribution in [-0.4, -0.2) is 17.1 Å². The van der Waals surface area contributed by atoms with Crippen molar-refractivity contribution in [3.63, 3.8) is 0 Å². The molecule has 0 spiro atoms. The van der Waals surface area contributed by atoms with E-state index in [0.29, 0.717) is 17.3 Å². The van der Waals surface area contributed by atoms with E-state index in [4.69, 9.17) is 14.9 Å². The number of nitrogen functional groups attached to an aromatic ring is 1. The molecule has 0 bridgehead atoms. The van der Waals surface area contributed by atoms with Gasteiger partial charge in [-0.1, -0.05) is 6.07 Å². The highest BCUT2D eigenvalue weighted by molar-refractivity contribution is 5.52. The second-order valence-corrected chi connectivity index (χ2v) is 2.63. The summed E-state index contributed by atoms with van der Waals surface area (Å²) in [7, 11) is 1.56. The first-order chi connectivity index (χ1) is 6.79. The van der Waals surface area contributed by atoms with E-state index in [1.807, 2.05) is 6.07 Å². The smallest absolute Gasteiger partial charge is 0.292 e. The van der Waals surface area contributed by atoms with Crippen molar-refractivity contribution in [3.05, 3.63) is 24.4 Å². The van der Waals surface area contributed by atoms with Crippen molar-refractivity contribution in [1.29, 1.82) is 0 Å². The molecule has 14 heavy (non-hydrogen) atoms. The first kappa shape index (κ1) is 8.55. The quantitative estimate of drug-likeness (QED) is 0.775. The Kier molecular flexibility index (Phi) is 2.06. The molecule has 0 radical (unpaired) electrons. The number of hydrogen-bond acceptors (Lipinski definition) is 5. The van der Waals surface area contributed by atoms with Gasteiger partial charge in [-0.15, -0.1) is 0 Å². The summed E-state index contributed by atoms with van der Waals surface area (Å²) in [4.78, 5) is 7.94. The van der Waals surface area contributed by atoms with Crippen LogP contribution < -0.4 is 10.5 Å². The summed E-state index contributed by atoms with van der Waals surface area (Å²) in [5.41, 5.74) is 6.00. The number of hydrogen-bond donors (Lipinski definition) is 1. The minimum Gasteiger partial charge on any atom is -0.481 e. The number of aromatic nitrogens is 2. The number of anilines is 1. The first-order valence-electron chi connectivity index (χ1n) is 4.02. The third kappa shape index (κ3) is 1.52. The zero-order valence-corrected chi connectivity index (χ0v) is 7.60. The molecule has 2 N–H and O–H groups in total. The van der Waals surface area contributed by atoms with Crippen molar-refractivity contribution in [2.24, 2.45) is 0 Å². The molecule has 0 aliphatic rings. The third-order valence-electron chi connectivity index (χ3n) is 1.71. The number of nitrogens with two attached hydrogens (primary N) is 1. The van der Waals surface area contributed by atoms with Crippen LogP contribution >= 0.6 is 0 Å². The molecule has 0 atom stereocenters. The van der Waals surface area contributed by atoms with Gasteiger partial charge in [0.25, 0.3) is 6.01 Å². The van der Waals surface area contributed by atoms with Gasteiger partial charge in [-0.3, -0.25) is 0 Å². The van der Waals surface area contributed by atoms with Crippen LogP contribution in [0.4, 0.5) is 6.01 Å². The Bertz CT molecular complexity index is 439. The zero-order valence-electron chi connectivity index (χ0n) is 7.60. The van der Waals surface area contributed by atoms with Gasteiger partial charge >= 0.3 is 0 Å². The monoisotopic (exact) mass is 191 g/mol. The van der Waals surface area contributed by atoms with Crippen LogP contribution in [0.1, 0.15) is 0 Å². The number of rotatable bonds is 2. The van der Waals surface area contributed by atoms with Crippen LogP contribution in [0.2, 0.25) is 0 Å². The molecule has 2 aromatic rings. The minimum atomic E-state index is 0.129. The van der Waals surface area contributed by atoms with Gasteiger partial charge in [-0.25, -0.2) is 9.97 Å². The van der Waals surface area contributed by atoms with Gasteiger partial charge in [0.1, 0.15) is 5.69 Å². The summed E-state index contributed by atoms with van der Waals surface area (Å²) in [6.07, 6.45) is 1.52. The summed E-state index contributed by atoms with van der Waals surface area (Å²) in [5, 5.41) is 0. The van der Waals surface area contributed by atoms with E-state index < -0.39 is 0 Å². The SMILES string of the molecule is COc1cccc(-c2cnc(N)o2)n1. The average molecular weight is 191 g/mol. The molecule has 72 valence electrons. The average Bonchev–Trinajstić information content (AvgIpc) is 2.65. The van der Waals surface area contributed by atoms with Gasteiger partial charge in [0, 0.05) is 6.07 Å². The Balaban J connectivity index is 2.41. The van der Waals surface area contributed by atoms with Gasteiger partial charge in [-0.2, -0.15) is 0 Å². The van der Waals surface area contributed by atoms with E-state index >= 15 is 0 Å². The van der Waals surface area contributed by atoms with E-state index in [1.54, 1.807) is 19.2 Å². The normalized spacial score (nSPS) is 10.1. The molecule has 2 heterocycles. The van der Waals surface area contributed by atoms with Gasteiger partial charge < -0.3 is 14.9 Å². The van der Waals surface area contributed by atoms with E-state index in [9.17, 15) is 0 Å². The Labute approximate surface area is 80.5 Å². The second kappa shape index (κ2) is 3.37. The molecule has 5 heteroatoms. The van der Waals surface area contributed by atoms with Crippen LogP contribution in [0.25, 0.3) is 11.5 Å². The van der Waals surface area contributed by atoms with Crippen LogP contribution in [0.5, 0.6) is 5.88 Å². The fourth-order valence-corrected chi connectivity index (χ4v) is 1.07. The first-order valence-corrected chi connectivity index (χ1v) is 4.02. The van der Waals surface area contributed by atoms with Crippen molar-refractivity contribution in [2.75, 3.05) is 12.8 Å². The highest BCUT2D eigenvalue weighted by atomic mass is 16.5. The minimum absolute atomic E-state index is 0.129. The summed E-state index contributed by atoms with van der Waals surface area (Å²) in [6.45, 7) is 0. The number of oxazole rings is 1. The second-order valence-electron chi connectivity index (χ2n) is 2.63. The van der Waals surface area contributed by atoms with Gasteiger partial charge in [0.15, 0.2) is 5.76 Å². The Hall–Kier alpha value is -2.04. The van der Waals surface area contributed by atoms with Crippen LogP contribution in [0.15, 0.2) is 28.8 Å². The van der Waals surface area contributed by atoms with Crippen molar-refractivity contribution in [2.45, 2.75) is 0 Å². The molecule has 0 amide bonds. The fraction of sp³-hybridized carbons (Fsp3) is 0.111. The van der Waals surface area contributed by atoms with Crippen LogP contribution in [0.3, 0.4) is 0 Å². The third-order valence-corrected chi connectivity index (χ3v) is 1.71. The molecule has 0 fully saturated rings. The molecule has 2 aromatic heterocycles. The lowest BCUT2D eigenvalue weighted by atomic mass is 10.3. The van der Waals surface area contributed by atoms with Crippen molar-refractivity contribution in [1.82, 2.24) is 9.97 Å². The maximum absolute atomic E-state index is 5.35. The molecule has 0 unspecified atom stereocenters. The van der Waals surface area contributed by atoms with E-state index in [2.05, 4.69) is 9.97 Å². The highest BCUT2D eigenvalue weighted by Gasteiger charge is 2.05. The number of pyridine rings is 1. The number of nitrogens with zero attached hydrogens (tertiary/aromatic N) is 2. The van der Waals surface area contributed by atoms with Gasteiger partial charge in [0.05, 0.1) is 13.3 Å². The maximum Gasteiger partial charge on any atom is 0.292 e. The Morgan fingerprint density at radius 3 is 2.93 bits per heavy atom. The van der Waals surface area contributed by atoms with Crippen LogP contribution in [-0.2, 0) is 0 Å². The zero-order chi connectivity index (χ0) is 9.97. The summed E-state index contributed by atoms with van der Waals surface area (Å²) in [6, 6.07) is 5.50. The maximum atomic E-state index is 5.35. The molecule has 2 rings (SSSR count). The molecule has 0 aliphatic carbocycles. The predicted octanol–water partition coefficient (Wildman–Crippen LogP) is 1.33. The van der Waals surface area contributed by atoms with Crippen molar-refractivity contribution in [3.8, 4) is 17.3 Å². The molecule has 5 nitrogen and oxygen atoms in total. The highest BCUT2D eigenvalue weighted by Crippen LogP contribution is 2.20. The Morgan fingerprint density at radius 2 is 2.29 bits per heavy atom. The lowest BCUT2D eigenvalue weighted by Gasteiger charge is -1.99. The lowest BCUT2D eigenvalue weighted by molar-refractivity contribution is 0.398.